The van der Waals surface area contributed by atoms with Gasteiger partial charge >= 0.3 is 0 Å². The molecule has 3 unspecified atom stereocenters. The number of allylic oxidation sites excluding steroid dienone is 4. The Morgan fingerprint density at radius 3 is 2.47 bits per heavy atom. The average Bonchev–Trinajstić information content (AvgIpc) is 2.86. The van der Waals surface area contributed by atoms with Crippen LogP contribution in [-0.2, 0) is 0 Å². The van der Waals surface area contributed by atoms with Gasteiger partial charge in [-0.25, -0.2) is 0 Å². The smallest absolute Gasteiger partial charge is 0.0136 e. The third-order valence-corrected chi connectivity index (χ3v) is 4.00. The molecule has 0 heterocycles. The highest BCUT2D eigenvalue weighted by Gasteiger charge is 2.40. The molecule has 0 aromatic carbocycles. The minimum Gasteiger partial charge on any atom is -0.0773 e. The Hall–Kier alpha value is -0.520. The van der Waals surface area contributed by atoms with Crippen LogP contribution in [0, 0.1) is 23.7 Å². The van der Waals surface area contributed by atoms with Crippen LogP contribution in [0.4, 0.5) is 0 Å². The second-order valence-corrected chi connectivity index (χ2v) is 5.27. The molecule has 3 aliphatic carbocycles. The van der Waals surface area contributed by atoms with Crippen LogP contribution in [0.3, 0.4) is 0 Å². The van der Waals surface area contributed by atoms with Gasteiger partial charge in [-0.05, 0) is 54.1 Å². The SMILES string of the molecule is CC.CC(C)C1CCC2=CC3CC3C=C21. The highest BCUT2D eigenvalue weighted by atomic mass is 14.5. The van der Waals surface area contributed by atoms with Gasteiger partial charge in [-0.15, -0.1) is 0 Å². The van der Waals surface area contributed by atoms with Gasteiger partial charge in [0.1, 0.15) is 0 Å². The van der Waals surface area contributed by atoms with E-state index < -0.39 is 0 Å². The van der Waals surface area contributed by atoms with E-state index in [-0.39, 0.29) is 0 Å². The summed E-state index contributed by atoms with van der Waals surface area (Å²) in [5.41, 5.74) is 3.44. The minimum absolute atomic E-state index is 0.840. The van der Waals surface area contributed by atoms with E-state index in [9.17, 15) is 0 Å². The average molecular weight is 204 g/mol. The molecule has 3 aliphatic rings. The van der Waals surface area contributed by atoms with Crippen molar-refractivity contribution >= 4 is 0 Å². The van der Waals surface area contributed by atoms with Crippen molar-refractivity contribution in [3.8, 4) is 0 Å². The van der Waals surface area contributed by atoms with Gasteiger partial charge in [0.05, 0.1) is 0 Å². The maximum atomic E-state index is 2.59. The van der Waals surface area contributed by atoms with E-state index in [1.54, 1.807) is 11.1 Å². The van der Waals surface area contributed by atoms with Gasteiger partial charge in [-0.1, -0.05) is 39.8 Å². The minimum atomic E-state index is 0.840. The molecule has 0 aliphatic heterocycles. The molecule has 0 amide bonds. The highest BCUT2D eigenvalue weighted by molar-refractivity contribution is 5.44. The van der Waals surface area contributed by atoms with Crippen LogP contribution in [0.15, 0.2) is 23.3 Å². The molecule has 2 saturated carbocycles. The third kappa shape index (κ3) is 1.91. The van der Waals surface area contributed by atoms with Gasteiger partial charge in [0, 0.05) is 0 Å². The van der Waals surface area contributed by atoms with Crippen LogP contribution >= 0.6 is 0 Å². The van der Waals surface area contributed by atoms with Crippen molar-refractivity contribution in [2.75, 3.05) is 0 Å². The zero-order valence-electron chi connectivity index (χ0n) is 10.6. The van der Waals surface area contributed by atoms with E-state index in [0.29, 0.717) is 0 Å². The number of rotatable bonds is 1. The number of fused-ring (bicyclic) bond motifs is 2. The van der Waals surface area contributed by atoms with Crippen molar-refractivity contribution in [3.05, 3.63) is 23.3 Å². The highest BCUT2D eigenvalue weighted by Crippen LogP contribution is 2.52. The molecule has 0 heteroatoms. The Balaban J connectivity index is 0.000000404. The fourth-order valence-electron chi connectivity index (χ4n) is 3.06. The Kier molecular flexibility index (Phi) is 3.04. The summed E-state index contributed by atoms with van der Waals surface area (Å²) in [6.45, 7) is 8.74. The largest absolute Gasteiger partial charge is 0.0773 e. The Bertz CT molecular complexity index is 293. The van der Waals surface area contributed by atoms with Gasteiger partial charge in [-0.2, -0.15) is 0 Å². The maximum absolute atomic E-state index is 2.59. The first-order chi connectivity index (χ1) is 7.25. The van der Waals surface area contributed by atoms with E-state index in [1.165, 1.54) is 19.3 Å². The Morgan fingerprint density at radius 1 is 1.13 bits per heavy atom. The van der Waals surface area contributed by atoms with Crippen LogP contribution in [0.5, 0.6) is 0 Å². The van der Waals surface area contributed by atoms with E-state index >= 15 is 0 Å². The summed E-state index contributed by atoms with van der Waals surface area (Å²) in [5.74, 6) is 3.61. The molecule has 0 N–H and O–H groups in total. The fourth-order valence-corrected chi connectivity index (χ4v) is 3.06. The topological polar surface area (TPSA) is 0 Å². The van der Waals surface area contributed by atoms with E-state index in [1.807, 2.05) is 13.8 Å². The standard InChI is InChI=1S/C13H18.C2H6/c1-8(2)12-4-3-9-5-10-6-11(10)7-13(9)12;1-2/h5,7-8,10-12H,3-4,6H2,1-2H3;1-2H3. The molecule has 0 aromatic rings. The monoisotopic (exact) mass is 204 g/mol. The zero-order chi connectivity index (χ0) is 11.0. The fraction of sp³-hybridized carbons (Fsp3) is 0.733. The molecular formula is C15H24. The first kappa shape index (κ1) is 11.0. The molecule has 84 valence electrons. The van der Waals surface area contributed by atoms with Gasteiger partial charge in [0.25, 0.3) is 0 Å². The summed E-state index contributed by atoms with van der Waals surface area (Å²) in [6, 6.07) is 0. The van der Waals surface area contributed by atoms with Crippen LogP contribution in [0.2, 0.25) is 0 Å². The van der Waals surface area contributed by atoms with Gasteiger partial charge in [0.15, 0.2) is 0 Å². The van der Waals surface area contributed by atoms with Gasteiger partial charge < -0.3 is 0 Å². The normalized spacial score (nSPS) is 35.9. The van der Waals surface area contributed by atoms with Crippen molar-refractivity contribution in [2.45, 2.75) is 47.0 Å². The van der Waals surface area contributed by atoms with Crippen molar-refractivity contribution in [1.29, 1.82) is 0 Å². The molecular weight excluding hydrogens is 180 g/mol. The first-order valence-electron chi connectivity index (χ1n) is 6.68. The molecule has 3 rings (SSSR count). The summed E-state index contributed by atoms with van der Waals surface area (Å²) >= 11 is 0. The van der Waals surface area contributed by atoms with Crippen LogP contribution in [0.25, 0.3) is 0 Å². The quantitative estimate of drug-likeness (QED) is 0.586. The molecule has 0 spiro atoms. The Morgan fingerprint density at radius 2 is 1.80 bits per heavy atom. The molecule has 0 nitrogen and oxygen atoms in total. The van der Waals surface area contributed by atoms with Crippen molar-refractivity contribution in [2.24, 2.45) is 23.7 Å². The predicted octanol–water partition coefficient (Wildman–Crippen LogP) is 4.58. The van der Waals surface area contributed by atoms with E-state index in [2.05, 4.69) is 26.0 Å². The summed E-state index contributed by atoms with van der Waals surface area (Å²) in [6.07, 6.45) is 9.38. The maximum Gasteiger partial charge on any atom is -0.0136 e. The van der Waals surface area contributed by atoms with Crippen LogP contribution in [0.1, 0.15) is 47.0 Å². The summed E-state index contributed by atoms with van der Waals surface area (Å²) in [5, 5.41) is 0. The molecule has 0 aromatic heterocycles. The van der Waals surface area contributed by atoms with E-state index in [4.69, 9.17) is 0 Å². The van der Waals surface area contributed by atoms with Crippen LogP contribution in [-0.4, -0.2) is 0 Å². The second kappa shape index (κ2) is 4.15. The molecule has 0 radical (unpaired) electrons. The lowest BCUT2D eigenvalue weighted by molar-refractivity contribution is 0.451. The summed E-state index contributed by atoms with van der Waals surface area (Å²) in [4.78, 5) is 0. The lowest BCUT2D eigenvalue weighted by atomic mass is 9.87. The van der Waals surface area contributed by atoms with Crippen molar-refractivity contribution in [1.82, 2.24) is 0 Å². The third-order valence-electron chi connectivity index (χ3n) is 4.00. The van der Waals surface area contributed by atoms with Crippen molar-refractivity contribution < 1.29 is 0 Å². The lowest BCUT2D eigenvalue weighted by Crippen LogP contribution is -2.07. The first-order valence-corrected chi connectivity index (χ1v) is 6.68. The van der Waals surface area contributed by atoms with Gasteiger partial charge in [-0.3, -0.25) is 0 Å². The number of hydrogen-bond acceptors (Lipinski definition) is 0. The second-order valence-electron chi connectivity index (χ2n) is 5.27. The predicted molar refractivity (Wildman–Crippen MR) is 66.7 cm³/mol. The Labute approximate surface area is 94.5 Å². The van der Waals surface area contributed by atoms with Gasteiger partial charge in [0.2, 0.25) is 0 Å². The molecule has 0 saturated heterocycles. The zero-order valence-corrected chi connectivity index (χ0v) is 10.6. The van der Waals surface area contributed by atoms with Crippen LogP contribution < -0.4 is 0 Å². The number of hydrogen-bond donors (Lipinski definition) is 0. The van der Waals surface area contributed by atoms with E-state index in [0.717, 1.165) is 23.7 Å². The molecule has 15 heavy (non-hydrogen) atoms. The lowest BCUT2D eigenvalue weighted by Gasteiger charge is -2.18. The summed E-state index contributed by atoms with van der Waals surface area (Å²) < 4.78 is 0. The molecule has 0 bridgehead atoms. The summed E-state index contributed by atoms with van der Waals surface area (Å²) in [7, 11) is 0. The molecule has 2 fully saturated rings. The molecule has 3 atom stereocenters. The van der Waals surface area contributed by atoms with Crippen molar-refractivity contribution in [3.63, 3.8) is 0 Å².